The Morgan fingerprint density at radius 3 is 2.57 bits per heavy atom. The number of fused-ring (bicyclic) bond motifs is 1. The second-order valence-corrected chi connectivity index (χ2v) is 8.95. The molecule has 0 unspecified atom stereocenters. The van der Waals surface area contributed by atoms with Crippen LogP contribution in [0.3, 0.4) is 0 Å². The standard InChI is InChI=1S/C27H31N5O3/c1-20-8-6-11-22(16-20)19-31-14-7-15-32-24(27(31)35)17-23(29-32)26(34)28-13-12-25(33)30(2)18-21-9-4-3-5-10-21/h3-6,8-11,16-17H,7,12-15,18-19H2,1-2H3,(H,28,34). The van der Waals surface area contributed by atoms with Crippen molar-refractivity contribution in [1.29, 1.82) is 0 Å². The van der Waals surface area contributed by atoms with E-state index >= 15 is 0 Å². The molecule has 182 valence electrons. The lowest BCUT2D eigenvalue weighted by Gasteiger charge is -2.20. The number of hydrogen-bond donors (Lipinski definition) is 1. The van der Waals surface area contributed by atoms with Crippen LogP contribution in [0.2, 0.25) is 0 Å². The summed E-state index contributed by atoms with van der Waals surface area (Å²) in [6.07, 6.45) is 0.946. The Balaban J connectivity index is 1.32. The van der Waals surface area contributed by atoms with Crippen LogP contribution in [0, 0.1) is 6.92 Å². The number of aryl methyl sites for hydroxylation is 2. The molecule has 0 fully saturated rings. The maximum atomic E-state index is 13.2. The molecule has 8 nitrogen and oxygen atoms in total. The number of carbonyl (C=O) groups excluding carboxylic acids is 3. The zero-order valence-electron chi connectivity index (χ0n) is 20.2. The predicted molar refractivity (Wildman–Crippen MR) is 133 cm³/mol. The van der Waals surface area contributed by atoms with Gasteiger partial charge in [0.25, 0.3) is 11.8 Å². The molecule has 4 rings (SSSR count). The first-order chi connectivity index (χ1) is 16.9. The molecule has 3 aromatic rings. The summed E-state index contributed by atoms with van der Waals surface area (Å²) in [6, 6.07) is 19.4. The van der Waals surface area contributed by atoms with Crippen molar-refractivity contribution in [1.82, 2.24) is 24.9 Å². The topological polar surface area (TPSA) is 87.5 Å². The molecule has 3 amide bonds. The quantitative estimate of drug-likeness (QED) is 0.545. The van der Waals surface area contributed by atoms with Crippen LogP contribution in [0.1, 0.15) is 50.5 Å². The molecule has 0 spiro atoms. The van der Waals surface area contributed by atoms with Crippen molar-refractivity contribution in [3.05, 3.63) is 88.7 Å². The average molecular weight is 474 g/mol. The van der Waals surface area contributed by atoms with Gasteiger partial charge in [-0.15, -0.1) is 0 Å². The minimum absolute atomic E-state index is 0.0586. The molecule has 2 aromatic carbocycles. The fraction of sp³-hybridized carbons (Fsp3) is 0.333. The highest BCUT2D eigenvalue weighted by molar-refractivity contribution is 5.98. The van der Waals surface area contributed by atoms with E-state index in [0.29, 0.717) is 31.9 Å². The van der Waals surface area contributed by atoms with Crippen LogP contribution < -0.4 is 5.32 Å². The summed E-state index contributed by atoms with van der Waals surface area (Å²) in [4.78, 5) is 41.7. The van der Waals surface area contributed by atoms with Crippen LogP contribution in [0.5, 0.6) is 0 Å². The summed E-state index contributed by atoms with van der Waals surface area (Å²) in [6.45, 7) is 4.47. The normalized spacial score (nSPS) is 13.2. The molecule has 1 aromatic heterocycles. The Hall–Kier alpha value is -3.94. The molecule has 8 heteroatoms. The molecule has 1 N–H and O–H groups in total. The Labute approximate surface area is 205 Å². The highest BCUT2D eigenvalue weighted by Gasteiger charge is 2.26. The Morgan fingerprint density at radius 1 is 1.03 bits per heavy atom. The highest BCUT2D eigenvalue weighted by atomic mass is 16.2. The van der Waals surface area contributed by atoms with Crippen molar-refractivity contribution in [2.45, 2.75) is 39.4 Å². The van der Waals surface area contributed by atoms with Crippen molar-refractivity contribution < 1.29 is 14.4 Å². The van der Waals surface area contributed by atoms with E-state index in [4.69, 9.17) is 0 Å². The average Bonchev–Trinajstić information content (AvgIpc) is 3.22. The smallest absolute Gasteiger partial charge is 0.272 e. The van der Waals surface area contributed by atoms with Crippen LogP contribution in [-0.2, 0) is 24.4 Å². The maximum absolute atomic E-state index is 13.2. The van der Waals surface area contributed by atoms with E-state index < -0.39 is 0 Å². The van der Waals surface area contributed by atoms with Gasteiger partial charge in [-0.1, -0.05) is 60.2 Å². The molecule has 0 radical (unpaired) electrons. The van der Waals surface area contributed by atoms with Gasteiger partial charge in [0.2, 0.25) is 5.91 Å². The number of nitrogens with one attached hydrogen (secondary N) is 1. The Kier molecular flexibility index (Phi) is 7.60. The van der Waals surface area contributed by atoms with Crippen LogP contribution in [0.4, 0.5) is 0 Å². The molecule has 0 bridgehead atoms. The van der Waals surface area contributed by atoms with E-state index in [0.717, 1.165) is 23.1 Å². The van der Waals surface area contributed by atoms with E-state index in [9.17, 15) is 14.4 Å². The van der Waals surface area contributed by atoms with Gasteiger partial charge in [-0.2, -0.15) is 5.10 Å². The summed E-state index contributed by atoms with van der Waals surface area (Å²) >= 11 is 0. The van der Waals surface area contributed by atoms with Gasteiger partial charge in [0.1, 0.15) is 5.69 Å². The third kappa shape index (κ3) is 6.15. The number of rotatable bonds is 8. The third-order valence-corrected chi connectivity index (χ3v) is 6.09. The number of amides is 3. The van der Waals surface area contributed by atoms with E-state index in [-0.39, 0.29) is 36.4 Å². The second kappa shape index (κ2) is 11.0. The second-order valence-electron chi connectivity index (χ2n) is 8.95. The Bertz CT molecular complexity index is 1200. The van der Waals surface area contributed by atoms with Gasteiger partial charge in [0, 0.05) is 52.3 Å². The summed E-state index contributed by atoms with van der Waals surface area (Å²) in [5.74, 6) is -0.577. The summed E-state index contributed by atoms with van der Waals surface area (Å²) < 4.78 is 1.62. The lowest BCUT2D eigenvalue weighted by atomic mass is 10.1. The van der Waals surface area contributed by atoms with Gasteiger partial charge in [0.15, 0.2) is 5.69 Å². The molecule has 2 heterocycles. The third-order valence-electron chi connectivity index (χ3n) is 6.09. The zero-order valence-corrected chi connectivity index (χ0v) is 20.2. The van der Waals surface area contributed by atoms with Gasteiger partial charge < -0.3 is 15.1 Å². The molecule has 0 aliphatic carbocycles. The monoisotopic (exact) mass is 473 g/mol. The van der Waals surface area contributed by atoms with Crippen molar-refractivity contribution >= 4 is 17.7 Å². The van der Waals surface area contributed by atoms with Crippen LogP contribution >= 0.6 is 0 Å². The number of carbonyl (C=O) groups is 3. The number of hydrogen-bond acceptors (Lipinski definition) is 4. The van der Waals surface area contributed by atoms with Gasteiger partial charge in [0.05, 0.1) is 0 Å². The molecule has 0 atom stereocenters. The lowest BCUT2D eigenvalue weighted by molar-refractivity contribution is -0.130. The van der Waals surface area contributed by atoms with Gasteiger partial charge >= 0.3 is 0 Å². The molecule has 35 heavy (non-hydrogen) atoms. The fourth-order valence-corrected chi connectivity index (χ4v) is 4.24. The van der Waals surface area contributed by atoms with Crippen molar-refractivity contribution in [3.63, 3.8) is 0 Å². The fourth-order valence-electron chi connectivity index (χ4n) is 4.24. The van der Waals surface area contributed by atoms with Crippen molar-refractivity contribution in [2.24, 2.45) is 0 Å². The first kappa shape index (κ1) is 24.2. The number of nitrogens with zero attached hydrogens (tertiary/aromatic N) is 4. The maximum Gasteiger partial charge on any atom is 0.272 e. The van der Waals surface area contributed by atoms with Crippen molar-refractivity contribution in [2.75, 3.05) is 20.1 Å². The largest absolute Gasteiger partial charge is 0.350 e. The molecular formula is C27H31N5O3. The Morgan fingerprint density at radius 2 is 1.80 bits per heavy atom. The molecule has 1 aliphatic rings. The predicted octanol–water partition coefficient (Wildman–Crippen LogP) is 3.02. The van der Waals surface area contributed by atoms with Crippen LogP contribution in [-0.4, -0.2) is 57.4 Å². The molecular weight excluding hydrogens is 442 g/mol. The van der Waals surface area contributed by atoms with Crippen LogP contribution in [0.25, 0.3) is 0 Å². The molecule has 1 aliphatic heterocycles. The number of aromatic nitrogens is 2. The minimum Gasteiger partial charge on any atom is -0.350 e. The summed E-state index contributed by atoms with van der Waals surface area (Å²) in [7, 11) is 1.75. The van der Waals surface area contributed by atoms with Gasteiger partial charge in [-0.05, 0) is 24.5 Å². The van der Waals surface area contributed by atoms with Crippen LogP contribution in [0.15, 0.2) is 60.7 Å². The van der Waals surface area contributed by atoms with Crippen molar-refractivity contribution in [3.8, 4) is 0 Å². The van der Waals surface area contributed by atoms with E-state index in [1.165, 1.54) is 0 Å². The molecule has 0 saturated heterocycles. The lowest BCUT2D eigenvalue weighted by Crippen LogP contribution is -2.32. The van der Waals surface area contributed by atoms with E-state index in [1.807, 2.05) is 55.5 Å². The minimum atomic E-state index is -0.387. The number of benzene rings is 2. The zero-order chi connectivity index (χ0) is 24.8. The SMILES string of the molecule is Cc1cccc(CN2CCCn3nc(C(=O)NCCC(=O)N(C)Cc4ccccc4)cc3C2=O)c1. The summed E-state index contributed by atoms with van der Waals surface area (Å²) in [5.41, 5.74) is 3.88. The first-order valence-electron chi connectivity index (χ1n) is 11.9. The van der Waals surface area contributed by atoms with E-state index in [1.54, 1.807) is 27.6 Å². The highest BCUT2D eigenvalue weighted by Crippen LogP contribution is 2.17. The first-order valence-corrected chi connectivity index (χ1v) is 11.9. The van der Waals surface area contributed by atoms with Gasteiger partial charge in [-0.25, -0.2) is 0 Å². The van der Waals surface area contributed by atoms with Gasteiger partial charge in [-0.3, -0.25) is 19.1 Å². The summed E-state index contributed by atoms with van der Waals surface area (Å²) in [5, 5.41) is 7.13. The van der Waals surface area contributed by atoms with E-state index in [2.05, 4.69) is 16.5 Å². The molecule has 0 saturated carbocycles.